The van der Waals surface area contributed by atoms with Crippen LogP contribution in [-0.4, -0.2) is 40.1 Å². The van der Waals surface area contributed by atoms with Crippen LogP contribution in [0.2, 0.25) is 0 Å². The van der Waals surface area contributed by atoms with Gasteiger partial charge in [0.05, 0.1) is 17.7 Å². The Labute approximate surface area is 147 Å². The number of benzene rings is 1. The average molecular weight is 338 g/mol. The Kier molecular flexibility index (Phi) is 3.82. The minimum absolute atomic E-state index is 0.0806. The SMILES string of the molecule is CN1C(=O)CC[C@H](C(=O)N2CCc3ccccc32)[C@H]1c1ccnn1C. The highest BCUT2D eigenvalue weighted by Crippen LogP contribution is 2.39. The molecule has 0 aliphatic carbocycles. The van der Waals surface area contributed by atoms with Gasteiger partial charge in [0, 0.05) is 38.9 Å². The molecule has 1 saturated heterocycles. The summed E-state index contributed by atoms with van der Waals surface area (Å²) in [6.45, 7) is 0.713. The molecule has 25 heavy (non-hydrogen) atoms. The molecule has 0 radical (unpaired) electrons. The lowest BCUT2D eigenvalue weighted by Crippen LogP contribution is -2.48. The first-order valence-electron chi connectivity index (χ1n) is 8.71. The fraction of sp³-hybridized carbons (Fsp3) is 0.421. The highest BCUT2D eigenvalue weighted by molar-refractivity contribution is 5.98. The molecule has 1 aromatic heterocycles. The van der Waals surface area contributed by atoms with Crippen LogP contribution in [0.15, 0.2) is 36.5 Å². The van der Waals surface area contributed by atoms with Crippen molar-refractivity contribution < 1.29 is 9.59 Å². The Balaban J connectivity index is 1.69. The van der Waals surface area contributed by atoms with E-state index in [2.05, 4.69) is 11.2 Å². The van der Waals surface area contributed by atoms with Crippen molar-refractivity contribution in [2.24, 2.45) is 13.0 Å². The van der Waals surface area contributed by atoms with E-state index in [0.29, 0.717) is 19.4 Å². The smallest absolute Gasteiger partial charge is 0.232 e. The van der Waals surface area contributed by atoms with Crippen molar-refractivity contribution in [3.8, 4) is 0 Å². The summed E-state index contributed by atoms with van der Waals surface area (Å²) in [7, 11) is 3.65. The van der Waals surface area contributed by atoms with E-state index in [9.17, 15) is 9.59 Å². The lowest BCUT2D eigenvalue weighted by atomic mass is 9.85. The molecular weight excluding hydrogens is 316 g/mol. The van der Waals surface area contributed by atoms with Crippen molar-refractivity contribution in [2.75, 3.05) is 18.5 Å². The Morgan fingerprint density at radius 3 is 2.72 bits per heavy atom. The molecule has 2 aromatic rings. The molecule has 6 heteroatoms. The van der Waals surface area contributed by atoms with Crippen LogP contribution >= 0.6 is 0 Å². The Hall–Kier alpha value is -2.63. The third kappa shape index (κ3) is 2.52. The van der Waals surface area contributed by atoms with E-state index in [-0.39, 0.29) is 23.8 Å². The fourth-order valence-corrected chi connectivity index (χ4v) is 4.14. The number of amides is 2. The molecule has 1 aromatic carbocycles. The van der Waals surface area contributed by atoms with Crippen molar-refractivity contribution in [3.63, 3.8) is 0 Å². The number of aromatic nitrogens is 2. The van der Waals surface area contributed by atoms with E-state index in [1.165, 1.54) is 5.56 Å². The first-order chi connectivity index (χ1) is 12.1. The Bertz CT molecular complexity index is 828. The lowest BCUT2D eigenvalue weighted by Gasteiger charge is -2.39. The number of hydrogen-bond acceptors (Lipinski definition) is 3. The standard InChI is InChI=1S/C19H22N4O2/c1-21-17(24)8-7-14(18(21)16-9-11-20-22(16)2)19(25)23-12-10-13-5-3-4-6-15(13)23/h3-6,9,11,14,18H,7-8,10,12H2,1-2H3/t14-,18-/m0/s1. The van der Waals surface area contributed by atoms with Crippen LogP contribution in [0.4, 0.5) is 5.69 Å². The number of para-hydroxylation sites is 1. The average Bonchev–Trinajstić information content (AvgIpc) is 3.23. The largest absolute Gasteiger partial charge is 0.336 e. The number of carbonyl (C=O) groups excluding carboxylic acids is 2. The van der Waals surface area contributed by atoms with Gasteiger partial charge in [0.1, 0.15) is 0 Å². The van der Waals surface area contributed by atoms with Gasteiger partial charge in [0.15, 0.2) is 0 Å². The maximum absolute atomic E-state index is 13.4. The third-order valence-corrected chi connectivity index (χ3v) is 5.49. The summed E-state index contributed by atoms with van der Waals surface area (Å²) in [6.07, 6.45) is 3.60. The number of aryl methyl sites for hydroxylation is 1. The number of carbonyl (C=O) groups is 2. The Morgan fingerprint density at radius 2 is 1.96 bits per heavy atom. The number of anilines is 1. The first kappa shape index (κ1) is 15.9. The molecule has 3 heterocycles. The van der Waals surface area contributed by atoms with Crippen LogP contribution in [0.1, 0.15) is 30.1 Å². The first-order valence-corrected chi connectivity index (χ1v) is 8.71. The minimum atomic E-state index is -0.269. The molecule has 0 bridgehead atoms. The summed E-state index contributed by atoms with van der Waals surface area (Å²) in [5.74, 6) is -0.0585. The normalized spacial score (nSPS) is 23.0. The molecular formula is C19H22N4O2. The quantitative estimate of drug-likeness (QED) is 0.840. The van der Waals surface area contributed by atoms with Gasteiger partial charge in [-0.05, 0) is 30.5 Å². The van der Waals surface area contributed by atoms with E-state index >= 15 is 0 Å². The highest BCUT2D eigenvalue weighted by atomic mass is 16.2. The molecule has 6 nitrogen and oxygen atoms in total. The van der Waals surface area contributed by atoms with Crippen molar-refractivity contribution in [1.82, 2.24) is 14.7 Å². The van der Waals surface area contributed by atoms with Gasteiger partial charge in [-0.25, -0.2) is 0 Å². The van der Waals surface area contributed by atoms with Crippen molar-refractivity contribution in [1.29, 1.82) is 0 Å². The van der Waals surface area contributed by atoms with E-state index in [1.807, 2.05) is 36.2 Å². The predicted octanol–water partition coefficient (Wildman–Crippen LogP) is 1.92. The second kappa shape index (κ2) is 6.02. The van der Waals surface area contributed by atoms with Gasteiger partial charge in [-0.1, -0.05) is 18.2 Å². The molecule has 2 amide bonds. The van der Waals surface area contributed by atoms with Crippen molar-refractivity contribution in [3.05, 3.63) is 47.8 Å². The highest BCUT2D eigenvalue weighted by Gasteiger charge is 2.43. The number of likely N-dealkylation sites (tertiary alicyclic amines) is 1. The van der Waals surface area contributed by atoms with Crippen LogP contribution in [0.25, 0.3) is 0 Å². The molecule has 1 fully saturated rings. The third-order valence-electron chi connectivity index (χ3n) is 5.49. The zero-order valence-electron chi connectivity index (χ0n) is 14.6. The van der Waals surface area contributed by atoms with E-state index < -0.39 is 0 Å². The number of rotatable bonds is 2. The van der Waals surface area contributed by atoms with Crippen LogP contribution in [0, 0.1) is 5.92 Å². The summed E-state index contributed by atoms with van der Waals surface area (Å²) >= 11 is 0. The molecule has 2 aliphatic rings. The second-order valence-electron chi connectivity index (χ2n) is 6.84. The van der Waals surface area contributed by atoms with Crippen molar-refractivity contribution in [2.45, 2.75) is 25.3 Å². The van der Waals surface area contributed by atoms with Crippen LogP contribution < -0.4 is 4.90 Å². The molecule has 0 saturated carbocycles. The summed E-state index contributed by atoms with van der Waals surface area (Å²) in [5, 5.41) is 4.23. The maximum Gasteiger partial charge on any atom is 0.232 e. The van der Waals surface area contributed by atoms with Crippen LogP contribution in [0.5, 0.6) is 0 Å². The van der Waals surface area contributed by atoms with Gasteiger partial charge in [-0.2, -0.15) is 5.10 Å². The molecule has 130 valence electrons. The van der Waals surface area contributed by atoms with Crippen LogP contribution in [-0.2, 0) is 23.1 Å². The van der Waals surface area contributed by atoms with Gasteiger partial charge < -0.3 is 9.80 Å². The molecule has 0 N–H and O–H groups in total. The molecule has 2 aliphatic heterocycles. The maximum atomic E-state index is 13.4. The molecule has 4 rings (SSSR count). The fourth-order valence-electron chi connectivity index (χ4n) is 4.14. The van der Waals surface area contributed by atoms with Crippen molar-refractivity contribution >= 4 is 17.5 Å². The number of piperidine rings is 1. The van der Waals surface area contributed by atoms with Gasteiger partial charge >= 0.3 is 0 Å². The van der Waals surface area contributed by atoms with E-state index in [1.54, 1.807) is 22.8 Å². The summed E-state index contributed by atoms with van der Waals surface area (Å²) < 4.78 is 1.76. The Morgan fingerprint density at radius 1 is 1.16 bits per heavy atom. The summed E-state index contributed by atoms with van der Waals surface area (Å²) in [5.41, 5.74) is 3.13. The summed E-state index contributed by atoms with van der Waals surface area (Å²) in [4.78, 5) is 29.3. The van der Waals surface area contributed by atoms with Gasteiger partial charge in [0.2, 0.25) is 11.8 Å². The van der Waals surface area contributed by atoms with Gasteiger partial charge in [-0.3, -0.25) is 14.3 Å². The monoisotopic (exact) mass is 338 g/mol. The van der Waals surface area contributed by atoms with E-state index in [0.717, 1.165) is 17.8 Å². The summed E-state index contributed by atoms with van der Waals surface area (Å²) in [6, 6.07) is 9.71. The zero-order valence-corrected chi connectivity index (χ0v) is 14.6. The van der Waals surface area contributed by atoms with Gasteiger partial charge in [-0.15, -0.1) is 0 Å². The number of fused-ring (bicyclic) bond motifs is 1. The topological polar surface area (TPSA) is 58.4 Å². The molecule has 2 atom stereocenters. The zero-order chi connectivity index (χ0) is 17.6. The molecule has 0 spiro atoms. The minimum Gasteiger partial charge on any atom is -0.336 e. The molecule has 0 unspecified atom stereocenters. The predicted molar refractivity (Wildman–Crippen MR) is 93.9 cm³/mol. The van der Waals surface area contributed by atoms with E-state index in [4.69, 9.17) is 0 Å². The number of hydrogen-bond donors (Lipinski definition) is 0. The number of nitrogens with zero attached hydrogens (tertiary/aromatic N) is 4. The van der Waals surface area contributed by atoms with Crippen LogP contribution in [0.3, 0.4) is 0 Å². The lowest BCUT2D eigenvalue weighted by molar-refractivity contribution is -0.141. The second-order valence-corrected chi connectivity index (χ2v) is 6.84. The van der Waals surface area contributed by atoms with Gasteiger partial charge in [0.25, 0.3) is 0 Å².